The van der Waals surface area contributed by atoms with E-state index in [1.54, 1.807) is 0 Å². The van der Waals surface area contributed by atoms with Crippen LogP contribution >= 0.6 is 0 Å². The summed E-state index contributed by atoms with van der Waals surface area (Å²) in [6.45, 7) is 0. The standard InChI is InChI=1S/C42H25N5/c1-2-10-26(11-3-1)28-16-19-31-33(24-28)34-25-29(17-20-32(34)42-40(31)45-37-15-7-9-23-47(37)42)38-41(35-14-6-8-22-43-35)46-39-30-13-5-4-12-27(30)18-21-36(39)44-38/h1-25H. The molecule has 10 aromatic rings. The van der Waals surface area contributed by atoms with Crippen LogP contribution in [0.3, 0.4) is 0 Å². The Bertz CT molecular complexity index is 2840. The Morgan fingerprint density at radius 2 is 1.23 bits per heavy atom. The number of imidazole rings is 1. The van der Waals surface area contributed by atoms with E-state index in [4.69, 9.17) is 19.9 Å². The smallest absolute Gasteiger partial charge is 0.137 e. The van der Waals surface area contributed by atoms with Crippen LogP contribution < -0.4 is 0 Å². The minimum atomic E-state index is 0.763. The lowest BCUT2D eigenvalue weighted by molar-refractivity contribution is 1.23. The van der Waals surface area contributed by atoms with Gasteiger partial charge in [-0.15, -0.1) is 0 Å². The van der Waals surface area contributed by atoms with E-state index in [1.807, 2.05) is 30.5 Å². The summed E-state index contributed by atoms with van der Waals surface area (Å²) in [4.78, 5) is 20.5. The summed E-state index contributed by atoms with van der Waals surface area (Å²) in [5, 5.41) is 6.76. The van der Waals surface area contributed by atoms with Crippen LogP contribution in [0.4, 0.5) is 0 Å². The third-order valence-electron chi connectivity index (χ3n) is 9.22. The Hall–Kier alpha value is -6.46. The number of benzene rings is 6. The fourth-order valence-corrected chi connectivity index (χ4v) is 7.02. The number of pyridine rings is 2. The van der Waals surface area contributed by atoms with Crippen molar-refractivity contribution in [2.45, 2.75) is 0 Å². The molecule has 0 radical (unpaired) electrons. The van der Waals surface area contributed by atoms with E-state index >= 15 is 0 Å². The highest BCUT2D eigenvalue weighted by molar-refractivity contribution is 6.25. The summed E-state index contributed by atoms with van der Waals surface area (Å²) in [5.74, 6) is 0. The van der Waals surface area contributed by atoms with Gasteiger partial charge in [0.1, 0.15) is 11.3 Å². The van der Waals surface area contributed by atoms with Crippen LogP contribution in [0.25, 0.3) is 93.8 Å². The molecule has 0 N–H and O–H groups in total. The maximum absolute atomic E-state index is 5.31. The van der Waals surface area contributed by atoms with Gasteiger partial charge in [-0.1, -0.05) is 97.1 Å². The predicted octanol–water partition coefficient (Wildman–Crippen LogP) is 10.3. The molecule has 0 unspecified atom stereocenters. The normalized spacial score (nSPS) is 11.8. The third kappa shape index (κ3) is 3.97. The van der Waals surface area contributed by atoms with Crippen LogP contribution in [0, 0.1) is 0 Å². The Morgan fingerprint density at radius 1 is 0.447 bits per heavy atom. The average Bonchev–Trinajstić information content (AvgIpc) is 3.55. The van der Waals surface area contributed by atoms with Gasteiger partial charge in [0, 0.05) is 34.1 Å². The Kier molecular flexibility index (Phi) is 5.51. The van der Waals surface area contributed by atoms with Crippen LogP contribution in [0.15, 0.2) is 152 Å². The highest BCUT2D eigenvalue weighted by Gasteiger charge is 2.19. The second-order valence-corrected chi connectivity index (χ2v) is 11.9. The molecule has 10 rings (SSSR count). The summed E-state index contributed by atoms with van der Waals surface area (Å²) >= 11 is 0. The number of aromatic nitrogens is 5. The van der Waals surface area contributed by atoms with Gasteiger partial charge >= 0.3 is 0 Å². The zero-order valence-corrected chi connectivity index (χ0v) is 25.2. The molecule has 0 spiro atoms. The zero-order valence-electron chi connectivity index (χ0n) is 25.2. The zero-order chi connectivity index (χ0) is 30.9. The van der Waals surface area contributed by atoms with E-state index in [-0.39, 0.29) is 0 Å². The molecule has 0 aliphatic heterocycles. The minimum Gasteiger partial charge on any atom is -0.299 e. The van der Waals surface area contributed by atoms with Gasteiger partial charge in [-0.3, -0.25) is 9.38 Å². The lowest BCUT2D eigenvalue weighted by Crippen LogP contribution is -1.98. The Labute approximate surface area is 269 Å². The molecule has 0 saturated carbocycles. The SMILES string of the molecule is c1ccc(-c2ccc3c(c2)c2cc(-c4nc5ccc6ccccc6c5nc4-c4ccccn4)ccc2c2c3nc3ccccn32)cc1. The van der Waals surface area contributed by atoms with Crippen LogP contribution in [-0.2, 0) is 0 Å². The molecule has 0 aliphatic carbocycles. The second kappa shape index (κ2) is 10.0. The summed E-state index contributed by atoms with van der Waals surface area (Å²) in [5.41, 5.74) is 10.4. The molecule has 0 saturated heterocycles. The lowest BCUT2D eigenvalue weighted by atomic mass is 9.93. The van der Waals surface area contributed by atoms with Crippen molar-refractivity contribution >= 4 is 60.0 Å². The first-order valence-electron chi connectivity index (χ1n) is 15.7. The molecule has 0 amide bonds. The molecule has 5 nitrogen and oxygen atoms in total. The van der Waals surface area contributed by atoms with Gasteiger partial charge in [-0.2, -0.15) is 0 Å². The van der Waals surface area contributed by atoms with Gasteiger partial charge < -0.3 is 0 Å². The van der Waals surface area contributed by atoms with Gasteiger partial charge in [0.15, 0.2) is 0 Å². The van der Waals surface area contributed by atoms with Crippen LogP contribution in [0.1, 0.15) is 0 Å². The fourth-order valence-electron chi connectivity index (χ4n) is 7.02. The first kappa shape index (κ1) is 25.8. The topological polar surface area (TPSA) is 56.0 Å². The quantitative estimate of drug-likeness (QED) is 0.190. The predicted molar refractivity (Wildman–Crippen MR) is 192 cm³/mol. The lowest BCUT2D eigenvalue weighted by Gasteiger charge is -2.14. The van der Waals surface area contributed by atoms with Gasteiger partial charge in [0.05, 0.1) is 33.5 Å². The first-order valence-corrected chi connectivity index (χ1v) is 15.7. The minimum absolute atomic E-state index is 0.763. The van der Waals surface area contributed by atoms with Gasteiger partial charge in [0.25, 0.3) is 0 Å². The molecule has 0 fully saturated rings. The molecular weight excluding hydrogens is 574 g/mol. The fraction of sp³-hybridized carbons (Fsp3) is 0. The molecule has 5 heteroatoms. The Morgan fingerprint density at radius 3 is 2.15 bits per heavy atom. The van der Waals surface area contributed by atoms with E-state index in [1.165, 1.54) is 11.1 Å². The highest BCUT2D eigenvalue weighted by Crippen LogP contribution is 2.40. The molecule has 0 bridgehead atoms. The molecule has 218 valence electrons. The number of fused-ring (bicyclic) bond motifs is 11. The maximum atomic E-state index is 5.31. The number of hydrogen-bond acceptors (Lipinski definition) is 4. The molecule has 4 aromatic heterocycles. The maximum Gasteiger partial charge on any atom is 0.137 e. The van der Waals surface area contributed by atoms with Crippen molar-refractivity contribution in [1.29, 1.82) is 0 Å². The van der Waals surface area contributed by atoms with Crippen molar-refractivity contribution in [2.75, 3.05) is 0 Å². The van der Waals surface area contributed by atoms with E-state index in [0.29, 0.717) is 0 Å². The van der Waals surface area contributed by atoms with E-state index in [2.05, 4.69) is 126 Å². The number of rotatable bonds is 3. The Balaban J connectivity index is 1.32. The van der Waals surface area contributed by atoms with Crippen molar-refractivity contribution in [3.8, 4) is 33.8 Å². The molecular formula is C42H25N5. The van der Waals surface area contributed by atoms with Crippen molar-refractivity contribution < 1.29 is 0 Å². The third-order valence-corrected chi connectivity index (χ3v) is 9.22. The van der Waals surface area contributed by atoms with Crippen LogP contribution in [0.5, 0.6) is 0 Å². The van der Waals surface area contributed by atoms with Crippen LogP contribution in [0.2, 0.25) is 0 Å². The van der Waals surface area contributed by atoms with Gasteiger partial charge in [-0.05, 0) is 69.8 Å². The molecule has 6 aromatic carbocycles. The summed E-state index contributed by atoms with van der Waals surface area (Å²) in [7, 11) is 0. The van der Waals surface area contributed by atoms with Crippen LogP contribution in [-0.4, -0.2) is 24.3 Å². The van der Waals surface area contributed by atoms with Crippen molar-refractivity contribution in [2.24, 2.45) is 0 Å². The van der Waals surface area contributed by atoms with Crippen molar-refractivity contribution in [3.63, 3.8) is 0 Å². The highest BCUT2D eigenvalue weighted by atomic mass is 15.0. The van der Waals surface area contributed by atoms with E-state index in [9.17, 15) is 0 Å². The van der Waals surface area contributed by atoms with E-state index < -0.39 is 0 Å². The number of nitrogens with zero attached hydrogens (tertiary/aromatic N) is 5. The summed E-state index contributed by atoms with van der Waals surface area (Å²) < 4.78 is 2.20. The van der Waals surface area contributed by atoms with Gasteiger partial charge in [-0.25, -0.2) is 15.0 Å². The largest absolute Gasteiger partial charge is 0.299 e. The molecule has 47 heavy (non-hydrogen) atoms. The van der Waals surface area contributed by atoms with Gasteiger partial charge in [0.2, 0.25) is 0 Å². The van der Waals surface area contributed by atoms with Crippen molar-refractivity contribution in [3.05, 3.63) is 152 Å². The average molecular weight is 600 g/mol. The first-order chi connectivity index (χ1) is 23.3. The summed E-state index contributed by atoms with van der Waals surface area (Å²) in [6, 6.07) is 48.6. The number of hydrogen-bond donors (Lipinski definition) is 0. The molecule has 4 heterocycles. The monoisotopic (exact) mass is 599 g/mol. The summed E-state index contributed by atoms with van der Waals surface area (Å²) in [6.07, 6.45) is 3.91. The van der Waals surface area contributed by atoms with Crippen molar-refractivity contribution in [1.82, 2.24) is 24.3 Å². The molecule has 0 aliphatic rings. The second-order valence-electron chi connectivity index (χ2n) is 11.9. The van der Waals surface area contributed by atoms with E-state index in [0.717, 1.165) is 82.7 Å². The molecule has 0 atom stereocenters.